The number of hydrogen-bond donors (Lipinski definition) is 2. The van der Waals surface area contributed by atoms with Crippen LogP contribution in [-0.2, 0) is 13.3 Å². The molecule has 0 bridgehead atoms. The van der Waals surface area contributed by atoms with Crippen LogP contribution in [0.3, 0.4) is 0 Å². The van der Waals surface area contributed by atoms with Gasteiger partial charge in [-0.1, -0.05) is 27.7 Å². The molecule has 0 saturated heterocycles. The van der Waals surface area contributed by atoms with Crippen molar-refractivity contribution in [1.29, 1.82) is 0 Å². The van der Waals surface area contributed by atoms with Crippen molar-refractivity contribution in [2.45, 2.75) is 46.2 Å². The molecule has 0 aliphatic carbocycles. The van der Waals surface area contributed by atoms with Gasteiger partial charge in [0.15, 0.2) is 5.96 Å². The van der Waals surface area contributed by atoms with Gasteiger partial charge in [0.05, 0.1) is 6.04 Å². The molecule has 7 heteroatoms. The van der Waals surface area contributed by atoms with E-state index >= 15 is 0 Å². The van der Waals surface area contributed by atoms with Crippen molar-refractivity contribution in [3.8, 4) is 0 Å². The van der Waals surface area contributed by atoms with E-state index in [4.69, 9.17) is 24.7 Å². The van der Waals surface area contributed by atoms with E-state index in [0.717, 1.165) is 0 Å². The van der Waals surface area contributed by atoms with Gasteiger partial charge in [0.25, 0.3) is 0 Å². The first-order valence-corrected chi connectivity index (χ1v) is 9.21. The average Bonchev–Trinajstić information content (AvgIpc) is 2.38. The Morgan fingerprint density at radius 2 is 1.29 bits per heavy atom. The summed E-state index contributed by atoms with van der Waals surface area (Å²) < 4.78 is 17.2. The molecule has 126 valence electrons. The Kier molecular flexibility index (Phi) is 8.46. The summed E-state index contributed by atoms with van der Waals surface area (Å²) in [5.41, 5.74) is 11.2. The van der Waals surface area contributed by atoms with Crippen molar-refractivity contribution in [2.75, 3.05) is 21.3 Å². The quantitative estimate of drug-likeness (QED) is 0.384. The second-order valence-electron chi connectivity index (χ2n) is 6.10. The number of guanidine groups is 1. The number of aliphatic imine (C=N–C) groups is 1. The van der Waals surface area contributed by atoms with Gasteiger partial charge in [0.1, 0.15) is 0 Å². The van der Waals surface area contributed by atoms with Crippen LogP contribution in [0.15, 0.2) is 4.99 Å². The Hall–Kier alpha value is -0.633. The highest BCUT2D eigenvalue weighted by atomic mass is 28.4. The molecule has 4 N–H and O–H groups in total. The lowest BCUT2D eigenvalue weighted by Gasteiger charge is -2.42. The summed E-state index contributed by atoms with van der Waals surface area (Å²) in [7, 11) is 2.15. The molecule has 3 atom stereocenters. The zero-order chi connectivity index (χ0) is 16.8. The normalized spacial score (nSPS) is 16.9. The second-order valence-corrected chi connectivity index (χ2v) is 9.20. The molecule has 0 fully saturated rings. The molecule has 0 saturated carbocycles. The Bertz CT molecular complexity index is 321. The van der Waals surface area contributed by atoms with E-state index in [0.29, 0.717) is 11.8 Å². The second kappa shape index (κ2) is 8.72. The van der Waals surface area contributed by atoms with Crippen molar-refractivity contribution < 1.29 is 13.3 Å². The van der Waals surface area contributed by atoms with Crippen LogP contribution in [0.1, 0.15) is 34.6 Å². The van der Waals surface area contributed by atoms with Gasteiger partial charge in [-0.2, -0.15) is 0 Å². The molecular formula is C14H33N3O3Si. The summed E-state index contributed by atoms with van der Waals surface area (Å²) in [4.78, 5) is 4.35. The third kappa shape index (κ3) is 4.95. The van der Waals surface area contributed by atoms with E-state index in [1.165, 1.54) is 0 Å². The molecule has 0 heterocycles. The van der Waals surface area contributed by atoms with E-state index in [9.17, 15) is 0 Å². The van der Waals surface area contributed by atoms with Crippen molar-refractivity contribution >= 4 is 14.8 Å². The van der Waals surface area contributed by atoms with Gasteiger partial charge in [-0.05, 0) is 24.7 Å². The predicted molar refractivity (Wildman–Crippen MR) is 89.0 cm³/mol. The molecular weight excluding hydrogens is 286 g/mol. The fourth-order valence-corrected chi connectivity index (χ4v) is 6.61. The summed E-state index contributed by atoms with van der Waals surface area (Å²) in [6.07, 6.45) is 0. The van der Waals surface area contributed by atoms with E-state index in [2.05, 4.69) is 32.7 Å². The third-order valence-electron chi connectivity index (χ3n) is 4.07. The maximum atomic E-state index is 5.73. The summed E-state index contributed by atoms with van der Waals surface area (Å²) in [6.45, 7) is 10.7. The van der Waals surface area contributed by atoms with Gasteiger partial charge < -0.3 is 24.7 Å². The van der Waals surface area contributed by atoms with Crippen LogP contribution >= 0.6 is 0 Å². The van der Waals surface area contributed by atoms with E-state index in [1.54, 1.807) is 21.3 Å². The molecule has 3 unspecified atom stereocenters. The molecule has 0 spiro atoms. The Balaban J connectivity index is 5.81. The average molecular weight is 320 g/mol. The molecule has 0 amide bonds. The minimum absolute atomic E-state index is 0.0327. The number of rotatable bonds is 9. The summed E-state index contributed by atoms with van der Waals surface area (Å²) in [5, 5.41) is 0. The standard InChI is InChI=1S/C14H33N3O3Si/c1-9(2)12(11(5)17-14(15)16)13(10(3)4)21(18-6,19-7)20-8/h9-13H,1-8H3,(H4,15,16,17). The topological polar surface area (TPSA) is 92.1 Å². The van der Waals surface area contributed by atoms with Crippen molar-refractivity contribution in [3.63, 3.8) is 0 Å². The fourth-order valence-electron chi connectivity index (χ4n) is 3.34. The molecule has 0 aromatic heterocycles. The predicted octanol–water partition coefficient (Wildman–Crippen LogP) is 1.82. The number of hydrogen-bond acceptors (Lipinski definition) is 4. The van der Waals surface area contributed by atoms with Crippen LogP contribution in [0, 0.1) is 17.8 Å². The smallest absolute Gasteiger partial charge is 0.377 e. The summed E-state index contributed by atoms with van der Waals surface area (Å²) >= 11 is 0. The van der Waals surface area contributed by atoms with Crippen LogP contribution in [0.2, 0.25) is 5.54 Å². The maximum absolute atomic E-state index is 5.73. The van der Waals surface area contributed by atoms with E-state index in [-0.39, 0.29) is 23.5 Å². The highest BCUT2D eigenvalue weighted by Gasteiger charge is 2.54. The van der Waals surface area contributed by atoms with E-state index < -0.39 is 8.80 Å². The lowest BCUT2D eigenvalue weighted by Crippen LogP contribution is -2.54. The van der Waals surface area contributed by atoms with Crippen LogP contribution in [0.4, 0.5) is 0 Å². The molecule has 6 nitrogen and oxygen atoms in total. The zero-order valence-electron chi connectivity index (χ0n) is 14.7. The van der Waals surface area contributed by atoms with Gasteiger partial charge in [-0.15, -0.1) is 0 Å². The van der Waals surface area contributed by atoms with E-state index in [1.807, 2.05) is 6.92 Å². The minimum atomic E-state index is -2.80. The highest BCUT2D eigenvalue weighted by molar-refractivity contribution is 6.62. The molecule has 0 aliphatic rings. The lowest BCUT2D eigenvalue weighted by atomic mass is 9.82. The van der Waals surface area contributed by atoms with Crippen molar-refractivity contribution in [1.82, 2.24) is 0 Å². The Labute approximate surface area is 130 Å². The first kappa shape index (κ1) is 20.4. The van der Waals surface area contributed by atoms with Crippen molar-refractivity contribution in [3.05, 3.63) is 0 Å². The summed E-state index contributed by atoms with van der Waals surface area (Å²) in [5.74, 6) is 0.984. The lowest BCUT2D eigenvalue weighted by molar-refractivity contribution is 0.0807. The molecule has 0 aliphatic heterocycles. The van der Waals surface area contributed by atoms with Gasteiger partial charge in [-0.25, -0.2) is 0 Å². The first-order chi connectivity index (χ1) is 9.66. The Morgan fingerprint density at radius 3 is 1.52 bits per heavy atom. The minimum Gasteiger partial charge on any atom is -0.377 e. The SMILES string of the molecule is CO[Si](OC)(OC)C(C(C)C)C(C(C)C)C(C)N=C(N)N. The Morgan fingerprint density at radius 1 is 0.857 bits per heavy atom. The van der Waals surface area contributed by atoms with Gasteiger partial charge in [0, 0.05) is 26.9 Å². The largest absolute Gasteiger partial charge is 0.504 e. The number of nitrogens with two attached hydrogens (primary N) is 2. The van der Waals surface area contributed by atoms with Crippen LogP contribution in [0.25, 0.3) is 0 Å². The van der Waals surface area contributed by atoms with Gasteiger partial charge in [-0.3, -0.25) is 4.99 Å². The van der Waals surface area contributed by atoms with Crippen LogP contribution in [0.5, 0.6) is 0 Å². The van der Waals surface area contributed by atoms with Crippen LogP contribution < -0.4 is 11.5 Å². The fraction of sp³-hybridized carbons (Fsp3) is 0.929. The third-order valence-corrected chi connectivity index (χ3v) is 7.65. The maximum Gasteiger partial charge on any atom is 0.504 e. The molecule has 0 aromatic carbocycles. The monoisotopic (exact) mass is 319 g/mol. The van der Waals surface area contributed by atoms with Crippen molar-refractivity contribution in [2.24, 2.45) is 34.2 Å². The molecule has 0 aromatic rings. The number of nitrogens with zero attached hydrogens (tertiary/aromatic N) is 1. The molecule has 0 radical (unpaired) electrons. The molecule has 21 heavy (non-hydrogen) atoms. The molecule has 0 rings (SSSR count). The summed E-state index contributed by atoms with van der Waals surface area (Å²) in [6, 6.07) is -0.0327. The zero-order valence-corrected chi connectivity index (χ0v) is 15.7. The van der Waals surface area contributed by atoms with Gasteiger partial charge >= 0.3 is 8.80 Å². The highest BCUT2D eigenvalue weighted by Crippen LogP contribution is 2.43. The first-order valence-electron chi connectivity index (χ1n) is 7.41. The van der Waals surface area contributed by atoms with Crippen LogP contribution in [-0.4, -0.2) is 42.1 Å². The van der Waals surface area contributed by atoms with Gasteiger partial charge in [0.2, 0.25) is 0 Å².